The van der Waals surface area contributed by atoms with E-state index in [9.17, 15) is 9.59 Å². The first kappa shape index (κ1) is 19.8. The van der Waals surface area contributed by atoms with Crippen molar-refractivity contribution in [1.82, 2.24) is 10.4 Å². The van der Waals surface area contributed by atoms with Gasteiger partial charge in [-0.1, -0.05) is 18.2 Å². The van der Waals surface area contributed by atoms with Crippen LogP contribution in [0.3, 0.4) is 0 Å². The van der Waals surface area contributed by atoms with Crippen LogP contribution in [0.5, 0.6) is 11.5 Å². The number of aromatic nitrogens is 1. The van der Waals surface area contributed by atoms with E-state index in [1.54, 1.807) is 42.5 Å². The molecule has 0 spiro atoms. The van der Waals surface area contributed by atoms with Crippen molar-refractivity contribution in [1.29, 1.82) is 0 Å². The van der Waals surface area contributed by atoms with Crippen molar-refractivity contribution < 1.29 is 19.1 Å². The molecule has 1 N–H and O–H groups in total. The van der Waals surface area contributed by atoms with E-state index in [0.717, 1.165) is 5.56 Å². The van der Waals surface area contributed by atoms with Crippen LogP contribution in [0.2, 0.25) is 0 Å². The molecule has 3 aromatic rings. The van der Waals surface area contributed by atoms with E-state index in [1.807, 2.05) is 19.1 Å². The fourth-order valence-corrected chi connectivity index (χ4v) is 2.55. The molecule has 0 fully saturated rings. The molecule has 0 aliphatic carbocycles. The molecule has 0 saturated carbocycles. The SMILES string of the molecule is COc1cc(/C=N\NC(=O)c2ccccc2C)ccc1OC(=O)c1ccncc1. The Morgan fingerprint density at radius 2 is 1.79 bits per heavy atom. The average Bonchev–Trinajstić information content (AvgIpc) is 2.75. The zero-order valence-electron chi connectivity index (χ0n) is 16.0. The van der Waals surface area contributed by atoms with Crippen LogP contribution in [0.25, 0.3) is 0 Å². The molecule has 0 radical (unpaired) electrons. The number of esters is 1. The number of carbonyl (C=O) groups is 2. The lowest BCUT2D eigenvalue weighted by Gasteiger charge is -2.10. The Morgan fingerprint density at radius 3 is 2.52 bits per heavy atom. The standard InChI is InChI=1S/C22H19N3O4/c1-15-5-3-4-6-18(15)21(26)25-24-14-16-7-8-19(20(13-16)28-2)29-22(27)17-9-11-23-12-10-17/h3-14H,1-2H3,(H,25,26)/b24-14-. The molecule has 0 aliphatic rings. The van der Waals surface area contributed by atoms with Crippen molar-refractivity contribution in [3.8, 4) is 11.5 Å². The summed E-state index contributed by atoms with van der Waals surface area (Å²) in [5.74, 6) is -0.177. The first-order valence-corrected chi connectivity index (χ1v) is 8.78. The molecule has 3 rings (SSSR count). The van der Waals surface area contributed by atoms with Gasteiger partial charge in [-0.25, -0.2) is 10.2 Å². The van der Waals surface area contributed by atoms with Crippen LogP contribution >= 0.6 is 0 Å². The van der Waals surface area contributed by atoms with E-state index in [2.05, 4.69) is 15.5 Å². The first-order valence-electron chi connectivity index (χ1n) is 8.78. The van der Waals surface area contributed by atoms with E-state index in [4.69, 9.17) is 9.47 Å². The van der Waals surface area contributed by atoms with Gasteiger partial charge in [0.25, 0.3) is 5.91 Å². The monoisotopic (exact) mass is 389 g/mol. The molecule has 146 valence electrons. The predicted octanol–water partition coefficient (Wildman–Crippen LogP) is 3.38. The number of amides is 1. The Hall–Kier alpha value is -4.00. The fourth-order valence-electron chi connectivity index (χ4n) is 2.55. The Kier molecular flexibility index (Phi) is 6.32. The Balaban J connectivity index is 1.68. The lowest BCUT2D eigenvalue weighted by atomic mass is 10.1. The minimum Gasteiger partial charge on any atom is -0.493 e. The average molecular weight is 389 g/mol. The van der Waals surface area contributed by atoms with E-state index in [-0.39, 0.29) is 11.7 Å². The lowest BCUT2D eigenvalue weighted by Crippen LogP contribution is -2.18. The van der Waals surface area contributed by atoms with E-state index < -0.39 is 5.97 Å². The third kappa shape index (κ3) is 5.04. The fraction of sp³-hybridized carbons (Fsp3) is 0.0909. The number of nitrogens with one attached hydrogen (secondary N) is 1. The summed E-state index contributed by atoms with van der Waals surface area (Å²) in [5, 5.41) is 3.98. The van der Waals surface area contributed by atoms with Crippen LogP contribution in [0.4, 0.5) is 0 Å². The van der Waals surface area contributed by atoms with E-state index in [1.165, 1.54) is 25.7 Å². The first-order chi connectivity index (χ1) is 14.1. The number of ether oxygens (including phenoxy) is 2. The van der Waals surface area contributed by atoms with Crippen molar-refractivity contribution in [2.24, 2.45) is 5.10 Å². The number of pyridine rings is 1. The van der Waals surface area contributed by atoms with Gasteiger partial charge >= 0.3 is 5.97 Å². The Bertz CT molecular complexity index is 1050. The number of aryl methyl sites for hydroxylation is 1. The second-order valence-electron chi connectivity index (χ2n) is 6.05. The molecule has 0 bridgehead atoms. The summed E-state index contributed by atoms with van der Waals surface area (Å²) in [6, 6.07) is 15.3. The molecular formula is C22H19N3O4. The quantitative estimate of drug-likeness (QED) is 0.302. The Morgan fingerprint density at radius 1 is 1.03 bits per heavy atom. The van der Waals surface area contributed by atoms with Crippen molar-refractivity contribution >= 4 is 18.1 Å². The molecule has 2 aromatic carbocycles. The third-order valence-electron chi connectivity index (χ3n) is 4.08. The highest BCUT2D eigenvalue weighted by molar-refractivity contribution is 5.96. The number of hydrazone groups is 1. The molecule has 29 heavy (non-hydrogen) atoms. The van der Waals surface area contributed by atoms with Crippen LogP contribution in [0.15, 0.2) is 72.1 Å². The van der Waals surface area contributed by atoms with Crippen LogP contribution in [0.1, 0.15) is 31.8 Å². The summed E-state index contributed by atoms with van der Waals surface area (Å²) >= 11 is 0. The predicted molar refractivity (Wildman–Crippen MR) is 108 cm³/mol. The van der Waals surface area contributed by atoms with Gasteiger partial charge in [-0.2, -0.15) is 5.10 Å². The molecule has 0 aliphatic heterocycles. The summed E-state index contributed by atoms with van der Waals surface area (Å²) in [6.45, 7) is 1.86. The number of hydrogen-bond donors (Lipinski definition) is 1. The number of nitrogens with zero attached hydrogens (tertiary/aromatic N) is 2. The third-order valence-corrected chi connectivity index (χ3v) is 4.08. The summed E-state index contributed by atoms with van der Waals surface area (Å²) in [4.78, 5) is 28.2. The van der Waals surface area contributed by atoms with Crippen LogP contribution < -0.4 is 14.9 Å². The van der Waals surface area contributed by atoms with E-state index in [0.29, 0.717) is 22.4 Å². The molecule has 1 aromatic heterocycles. The Labute approximate surface area is 168 Å². The van der Waals surface area contributed by atoms with Gasteiger partial charge in [0.05, 0.1) is 18.9 Å². The van der Waals surface area contributed by atoms with Gasteiger partial charge in [0.1, 0.15) is 0 Å². The zero-order chi connectivity index (χ0) is 20.6. The summed E-state index contributed by atoms with van der Waals surface area (Å²) < 4.78 is 10.7. The van der Waals surface area contributed by atoms with Gasteiger partial charge in [-0.3, -0.25) is 9.78 Å². The maximum absolute atomic E-state index is 12.2. The number of methoxy groups -OCH3 is 1. The van der Waals surface area contributed by atoms with E-state index >= 15 is 0 Å². The van der Waals surface area contributed by atoms with Crippen LogP contribution in [-0.2, 0) is 0 Å². The largest absolute Gasteiger partial charge is 0.493 e. The molecular weight excluding hydrogens is 370 g/mol. The summed E-state index contributed by atoms with van der Waals surface area (Å²) in [6.07, 6.45) is 4.50. The van der Waals surface area contributed by atoms with Gasteiger partial charge in [0, 0.05) is 18.0 Å². The maximum atomic E-state index is 12.2. The van der Waals surface area contributed by atoms with Gasteiger partial charge in [0.15, 0.2) is 11.5 Å². The summed E-state index contributed by atoms with van der Waals surface area (Å²) in [7, 11) is 1.47. The molecule has 0 atom stereocenters. The smallest absolute Gasteiger partial charge is 0.343 e. The van der Waals surface area contributed by atoms with Gasteiger partial charge < -0.3 is 9.47 Å². The van der Waals surface area contributed by atoms with Gasteiger partial charge in [-0.15, -0.1) is 0 Å². The number of benzene rings is 2. The molecule has 1 amide bonds. The molecule has 7 nitrogen and oxygen atoms in total. The molecule has 7 heteroatoms. The second kappa shape index (κ2) is 9.27. The van der Waals surface area contributed by atoms with Gasteiger partial charge in [-0.05, 0) is 54.4 Å². The maximum Gasteiger partial charge on any atom is 0.343 e. The van der Waals surface area contributed by atoms with Crippen molar-refractivity contribution in [3.05, 3.63) is 89.2 Å². The highest BCUT2D eigenvalue weighted by Gasteiger charge is 2.12. The topological polar surface area (TPSA) is 89.9 Å². The molecule has 0 unspecified atom stereocenters. The molecule has 1 heterocycles. The normalized spacial score (nSPS) is 10.6. The van der Waals surface area contributed by atoms with Crippen molar-refractivity contribution in [2.75, 3.05) is 7.11 Å². The van der Waals surface area contributed by atoms with Crippen LogP contribution in [0, 0.1) is 6.92 Å². The highest BCUT2D eigenvalue weighted by atomic mass is 16.6. The number of carbonyl (C=O) groups excluding carboxylic acids is 2. The lowest BCUT2D eigenvalue weighted by molar-refractivity contribution is 0.0729. The zero-order valence-corrected chi connectivity index (χ0v) is 16.0. The van der Waals surface area contributed by atoms with Gasteiger partial charge in [0.2, 0.25) is 0 Å². The number of rotatable bonds is 6. The summed E-state index contributed by atoms with van der Waals surface area (Å²) in [5.41, 5.74) is 4.96. The minimum absolute atomic E-state index is 0.274. The van der Waals surface area contributed by atoms with Crippen LogP contribution in [-0.4, -0.2) is 30.2 Å². The van der Waals surface area contributed by atoms with Crippen molar-refractivity contribution in [2.45, 2.75) is 6.92 Å². The minimum atomic E-state index is -0.516. The molecule has 0 saturated heterocycles. The highest BCUT2D eigenvalue weighted by Crippen LogP contribution is 2.28. The second-order valence-corrected chi connectivity index (χ2v) is 6.05. The van der Waals surface area contributed by atoms with Crippen molar-refractivity contribution in [3.63, 3.8) is 0 Å². The number of hydrogen-bond acceptors (Lipinski definition) is 6.